The summed E-state index contributed by atoms with van der Waals surface area (Å²) in [7, 11) is 0. The number of hydrogen-bond acceptors (Lipinski definition) is 5. The lowest BCUT2D eigenvalue weighted by molar-refractivity contribution is 0.641. The van der Waals surface area contributed by atoms with Crippen LogP contribution in [0.1, 0.15) is 0 Å². The SMILES string of the molecule is Clc1ccc2nc(N3CCN(c4ccccn4)CC3)cnc2c1. The summed E-state index contributed by atoms with van der Waals surface area (Å²) >= 11 is 5.99. The fourth-order valence-corrected chi connectivity index (χ4v) is 3.00. The van der Waals surface area contributed by atoms with E-state index in [2.05, 4.69) is 25.8 Å². The standard InChI is InChI=1S/C17H16ClN5/c18-13-4-5-14-15(11-13)20-12-17(21-14)23-9-7-22(8-10-23)16-3-1-2-6-19-16/h1-6,11-12H,7-10H2. The van der Waals surface area contributed by atoms with Crippen molar-refractivity contribution >= 4 is 34.3 Å². The van der Waals surface area contributed by atoms with Crippen LogP contribution in [0.25, 0.3) is 11.0 Å². The van der Waals surface area contributed by atoms with Crippen LogP contribution in [-0.2, 0) is 0 Å². The monoisotopic (exact) mass is 325 g/mol. The van der Waals surface area contributed by atoms with Gasteiger partial charge in [0.15, 0.2) is 0 Å². The number of halogens is 1. The van der Waals surface area contributed by atoms with Crippen molar-refractivity contribution in [3.05, 3.63) is 53.8 Å². The van der Waals surface area contributed by atoms with Crippen LogP contribution < -0.4 is 9.80 Å². The fourth-order valence-electron chi connectivity index (χ4n) is 2.83. The van der Waals surface area contributed by atoms with Gasteiger partial charge in [-0.15, -0.1) is 0 Å². The average Bonchev–Trinajstić information content (AvgIpc) is 2.62. The van der Waals surface area contributed by atoms with Crippen LogP contribution in [0.5, 0.6) is 0 Å². The smallest absolute Gasteiger partial charge is 0.147 e. The van der Waals surface area contributed by atoms with Crippen molar-refractivity contribution in [3.63, 3.8) is 0 Å². The normalized spacial score (nSPS) is 15.2. The van der Waals surface area contributed by atoms with E-state index in [9.17, 15) is 0 Å². The van der Waals surface area contributed by atoms with Gasteiger partial charge in [-0.25, -0.2) is 9.97 Å². The van der Waals surface area contributed by atoms with E-state index in [1.54, 1.807) is 0 Å². The second-order valence-electron chi connectivity index (χ2n) is 5.52. The molecule has 0 spiro atoms. The summed E-state index contributed by atoms with van der Waals surface area (Å²) in [5.74, 6) is 1.95. The van der Waals surface area contributed by atoms with Crippen LogP contribution in [0.3, 0.4) is 0 Å². The molecule has 3 heterocycles. The molecular weight excluding hydrogens is 310 g/mol. The molecule has 116 valence electrons. The molecule has 0 unspecified atom stereocenters. The van der Waals surface area contributed by atoms with Crippen LogP contribution in [0, 0.1) is 0 Å². The Morgan fingerprint density at radius 2 is 1.61 bits per heavy atom. The Bertz CT molecular complexity index is 816. The number of piperazine rings is 1. The second kappa shape index (κ2) is 6.01. The highest BCUT2D eigenvalue weighted by atomic mass is 35.5. The molecule has 0 radical (unpaired) electrons. The first kappa shape index (κ1) is 14.2. The summed E-state index contributed by atoms with van der Waals surface area (Å²) in [6, 6.07) is 11.6. The lowest BCUT2D eigenvalue weighted by Crippen LogP contribution is -2.47. The molecule has 23 heavy (non-hydrogen) atoms. The van der Waals surface area contributed by atoms with Gasteiger partial charge < -0.3 is 9.80 Å². The van der Waals surface area contributed by atoms with E-state index in [0.29, 0.717) is 5.02 Å². The molecule has 1 aliphatic heterocycles. The number of pyridine rings is 1. The highest BCUT2D eigenvalue weighted by molar-refractivity contribution is 6.31. The Balaban J connectivity index is 1.51. The Morgan fingerprint density at radius 3 is 2.35 bits per heavy atom. The molecule has 0 N–H and O–H groups in total. The molecule has 0 bridgehead atoms. The number of hydrogen-bond donors (Lipinski definition) is 0. The molecule has 6 heteroatoms. The summed E-state index contributed by atoms with van der Waals surface area (Å²) in [6.07, 6.45) is 3.66. The molecule has 0 atom stereocenters. The minimum atomic E-state index is 0.684. The summed E-state index contributed by atoms with van der Waals surface area (Å²) in [4.78, 5) is 18.2. The van der Waals surface area contributed by atoms with Crippen LogP contribution in [0.15, 0.2) is 48.8 Å². The zero-order chi connectivity index (χ0) is 15.6. The Hall–Kier alpha value is -2.40. The van der Waals surface area contributed by atoms with E-state index >= 15 is 0 Å². The highest BCUT2D eigenvalue weighted by Gasteiger charge is 2.19. The van der Waals surface area contributed by atoms with Gasteiger partial charge >= 0.3 is 0 Å². The topological polar surface area (TPSA) is 45.2 Å². The van der Waals surface area contributed by atoms with Gasteiger partial charge in [0, 0.05) is 37.4 Å². The van der Waals surface area contributed by atoms with Crippen molar-refractivity contribution in [2.45, 2.75) is 0 Å². The second-order valence-corrected chi connectivity index (χ2v) is 5.96. The maximum Gasteiger partial charge on any atom is 0.147 e. The number of nitrogens with zero attached hydrogens (tertiary/aromatic N) is 5. The minimum absolute atomic E-state index is 0.684. The Labute approximate surface area is 139 Å². The maximum absolute atomic E-state index is 5.99. The van der Waals surface area contributed by atoms with Gasteiger partial charge in [0.05, 0.1) is 17.2 Å². The zero-order valence-electron chi connectivity index (χ0n) is 12.6. The van der Waals surface area contributed by atoms with Gasteiger partial charge in [-0.3, -0.25) is 4.98 Å². The Kier molecular flexibility index (Phi) is 3.71. The van der Waals surface area contributed by atoms with Gasteiger partial charge in [-0.05, 0) is 30.3 Å². The van der Waals surface area contributed by atoms with Crippen molar-refractivity contribution in [3.8, 4) is 0 Å². The van der Waals surface area contributed by atoms with E-state index in [1.807, 2.05) is 42.7 Å². The first-order chi connectivity index (χ1) is 11.3. The number of benzene rings is 1. The van der Waals surface area contributed by atoms with Crippen molar-refractivity contribution in [2.75, 3.05) is 36.0 Å². The molecule has 2 aromatic heterocycles. The van der Waals surface area contributed by atoms with E-state index < -0.39 is 0 Å². The third-order valence-corrected chi connectivity index (χ3v) is 4.30. The van der Waals surface area contributed by atoms with E-state index in [0.717, 1.165) is 48.8 Å². The van der Waals surface area contributed by atoms with Crippen molar-refractivity contribution in [1.82, 2.24) is 15.0 Å². The molecule has 3 aromatic rings. The fraction of sp³-hybridized carbons (Fsp3) is 0.235. The predicted octanol–water partition coefficient (Wildman–Crippen LogP) is 3.00. The molecule has 0 saturated carbocycles. The van der Waals surface area contributed by atoms with Gasteiger partial charge in [-0.1, -0.05) is 17.7 Å². The van der Waals surface area contributed by atoms with Gasteiger partial charge in [0.25, 0.3) is 0 Å². The average molecular weight is 326 g/mol. The number of fused-ring (bicyclic) bond motifs is 1. The molecule has 4 rings (SSSR count). The minimum Gasteiger partial charge on any atom is -0.353 e. The van der Waals surface area contributed by atoms with Crippen LogP contribution in [0.2, 0.25) is 5.02 Å². The van der Waals surface area contributed by atoms with Crippen molar-refractivity contribution in [1.29, 1.82) is 0 Å². The predicted molar refractivity (Wildman–Crippen MR) is 93.2 cm³/mol. The summed E-state index contributed by atoms with van der Waals surface area (Å²) in [5.41, 5.74) is 1.70. The molecule has 1 aromatic carbocycles. The third-order valence-electron chi connectivity index (χ3n) is 4.07. The summed E-state index contributed by atoms with van der Waals surface area (Å²) < 4.78 is 0. The third kappa shape index (κ3) is 2.92. The number of anilines is 2. The van der Waals surface area contributed by atoms with Crippen molar-refractivity contribution in [2.24, 2.45) is 0 Å². The molecular formula is C17H16ClN5. The quantitative estimate of drug-likeness (QED) is 0.724. The van der Waals surface area contributed by atoms with Crippen LogP contribution >= 0.6 is 11.6 Å². The van der Waals surface area contributed by atoms with Gasteiger partial charge in [-0.2, -0.15) is 0 Å². The van der Waals surface area contributed by atoms with Crippen molar-refractivity contribution < 1.29 is 0 Å². The molecule has 1 fully saturated rings. The van der Waals surface area contributed by atoms with Gasteiger partial charge in [0.2, 0.25) is 0 Å². The molecule has 0 aliphatic carbocycles. The largest absolute Gasteiger partial charge is 0.353 e. The lowest BCUT2D eigenvalue weighted by Gasteiger charge is -2.35. The first-order valence-electron chi connectivity index (χ1n) is 7.63. The molecule has 5 nitrogen and oxygen atoms in total. The number of rotatable bonds is 2. The van der Waals surface area contributed by atoms with E-state index in [1.165, 1.54) is 0 Å². The zero-order valence-corrected chi connectivity index (χ0v) is 13.3. The molecule has 1 saturated heterocycles. The van der Waals surface area contributed by atoms with Crippen LogP contribution in [-0.4, -0.2) is 41.1 Å². The molecule has 1 aliphatic rings. The Morgan fingerprint density at radius 1 is 0.826 bits per heavy atom. The van der Waals surface area contributed by atoms with Crippen LogP contribution in [0.4, 0.5) is 11.6 Å². The first-order valence-corrected chi connectivity index (χ1v) is 8.01. The van der Waals surface area contributed by atoms with E-state index in [-0.39, 0.29) is 0 Å². The molecule has 0 amide bonds. The lowest BCUT2D eigenvalue weighted by atomic mass is 10.3. The van der Waals surface area contributed by atoms with E-state index in [4.69, 9.17) is 16.6 Å². The number of aromatic nitrogens is 3. The summed E-state index contributed by atoms with van der Waals surface area (Å²) in [6.45, 7) is 3.67. The summed E-state index contributed by atoms with van der Waals surface area (Å²) in [5, 5.41) is 0.684. The maximum atomic E-state index is 5.99. The highest BCUT2D eigenvalue weighted by Crippen LogP contribution is 2.21. The van der Waals surface area contributed by atoms with Gasteiger partial charge in [0.1, 0.15) is 11.6 Å².